The lowest BCUT2D eigenvalue weighted by Crippen LogP contribution is -2.20. The second kappa shape index (κ2) is 11.1. The monoisotopic (exact) mass is 512 g/mol. The van der Waals surface area contributed by atoms with Gasteiger partial charge in [0.2, 0.25) is 0 Å². The molecule has 4 rings (SSSR count). The molecule has 0 N–H and O–H groups in total. The van der Waals surface area contributed by atoms with Crippen LogP contribution >= 0.6 is 31.9 Å². The molecule has 29 heavy (non-hydrogen) atoms. The van der Waals surface area contributed by atoms with Crippen LogP contribution in [0.2, 0.25) is 0 Å². The molecule has 0 radical (unpaired) electrons. The van der Waals surface area contributed by atoms with E-state index in [0.29, 0.717) is 0 Å². The highest BCUT2D eigenvalue weighted by molar-refractivity contribution is 14.0. The molecular weight excluding hydrogens is 482 g/mol. The van der Waals surface area contributed by atoms with Gasteiger partial charge in [0.05, 0.1) is 0 Å². The Morgan fingerprint density at radius 3 is 1.66 bits per heavy atom. The second-order valence-corrected chi connectivity index (χ2v) is 10.1. The number of benzene rings is 3. The molecule has 1 aliphatic rings. The summed E-state index contributed by atoms with van der Waals surface area (Å²) in [7, 11) is -0.497. The van der Waals surface area contributed by atoms with E-state index in [1.54, 1.807) is 0 Å². The summed E-state index contributed by atoms with van der Waals surface area (Å²) in [4.78, 5) is 0. The summed E-state index contributed by atoms with van der Waals surface area (Å²) in [5.74, 6) is 1.59. The Labute approximate surface area is 194 Å². The summed E-state index contributed by atoms with van der Waals surface area (Å²) in [6, 6.07) is 31.4. The zero-order valence-corrected chi connectivity index (χ0v) is 20.1. The summed E-state index contributed by atoms with van der Waals surface area (Å²) in [5.41, 5.74) is 1.49. The first-order chi connectivity index (χ1) is 13.8. The molecule has 0 amide bonds. The molecule has 3 aromatic rings. The normalized spacial score (nSPS) is 18.8. The first-order valence-electron chi connectivity index (χ1n) is 10.4. The molecule has 0 bridgehead atoms. The maximum atomic E-state index is 3.97. The van der Waals surface area contributed by atoms with Gasteiger partial charge < -0.3 is 0 Å². The lowest BCUT2D eigenvalue weighted by Gasteiger charge is -2.26. The van der Waals surface area contributed by atoms with Crippen molar-refractivity contribution in [3.8, 4) is 0 Å². The maximum Gasteiger partial charge on any atom is -0.0134 e. The number of rotatable bonds is 6. The van der Waals surface area contributed by atoms with Crippen molar-refractivity contribution in [1.29, 1.82) is 0 Å². The highest BCUT2D eigenvalue weighted by Crippen LogP contribution is 2.34. The van der Waals surface area contributed by atoms with Crippen molar-refractivity contribution in [2.45, 2.75) is 32.1 Å². The van der Waals surface area contributed by atoms with Gasteiger partial charge in [0.1, 0.15) is 0 Å². The summed E-state index contributed by atoms with van der Waals surface area (Å²) < 4.78 is 0. The van der Waals surface area contributed by atoms with E-state index in [-0.39, 0.29) is 24.0 Å². The largest absolute Gasteiger partial charge is 0.107 e. The van der Waals surface area contributed by atoms with Crippen LogP contribution < -0.4 is 15.9 Å². The molecule has 0 aliphatic heterocycles. The first-order valence-corrected chi connectivity index (χ1v) is 11.8. The average Bonchev–Trinajstić information content (AvgIpc) is 2.77. The van der Waals surface area contributed by atoms with Gasteiger partial charge in [0.25, 0.3) is 0 Å². The quantitative estimate of drug-likeness (QED) is 0.199. The molecule has 0 nitrogen and oxygen atoms in total. The standard InChI is InChI=1S/C27H29P.HI/c1-2-22-13-15-23(16-14-22)21-24-17-19-27(20-18-24)28(25-9-5-3-6-10-25)26-11-7-4-8-12-26;/h2-12,17-20,22-23H,1,13-16,21H2;1H. The van der Waals surface area contributed by atoms with Crippen molar-refractivity contribution < 1.29 is 0 Å². The van der Waals surface area contributed by atoms with E-state index in [9.17, 15) is 0 Å². The Kier molecular flexibility index (Phi) is 8.51. The number of hydrogen-bond donors (Lipinski definition) is 0. The Morgan fingerprint density at radius 1 is 0.690 bits per heavy atom. The number of hydrogen-bond acceptors (Lipinski definition) is 0. The Hall–Kier alpha value is -1.44. The third-order valence-electron chi connectivity index (χ3n) is 5.97. The molecule has 0 saturated heterocycles. The third-order valence-corrected chi connectivity index (χ3v) is 8.42. The van der Waals surface area contributed by atoms with E-state index in [1.165, 1.54) is 53.6 Å². The van der Waals surface area contributed by atoms with Gasteiger partial charge in [-0.2, -0.15) is 0 Å². The van der Waals surface area contributed by atoms with E-state index < -0.39 is 7.92 Å². The average molecular weight is 512 g/mol. The fourth-order valence-electron chi connectivity index (χ4n) is 4.34. The molecule has 0 atom stereocenters. The predicted octanol–water partition coefficient (Wildman–Crippen LogP) is 6.60. The second-order valence-electron chi connectivity index (χ2n) is 7.89. The number of halogens is 1. The molecule has 1 saturated carbocycles. The molecule has 0 heterocycles. The van der Waals surface area contributed by atoms with Gasteiger partial charge >= 0.3 is 0 Å². The molecule has 3 aromatic carbocycles. The Bertz CT molecular complexity index is 826. The minimum Gasteiger partial charge on any atom is -0.107 e. The van der Waals surface area contributed by atoms with Gasteiger partial charge in [-0.05, 0) is 73.3 Å². The smallest absolute Gasteiger partial charge is 0.0134 e. The van der Waals surface area contributed by atoms with Crippen LogP contribution in [0.5, 0.6) is 0 Å². The first kappa shape index (κ1) is 22.2. The number of allylic oxidation sites excluding steroid dienone is 1. The van der Waals surface area contributed by atoms with E-state index in [1.807, 2.05) is 0 Å². The van der Waals surface area contributed by atoms with Crippen molar-refractivity contribution in [1.82, 2.24) is 0 Å². The van der Waals surface area contributed by atoms with Crippen molar-refractivity contribution in [2.24, 2.45) is 11.8 Å². The maximum absolute atomic E-state index is 3.97. The van der Waals surface area contributed by atoms with Crippen LogP contribution in [0.15, 0.2) is 97.6 Å². The zero-order valence-electron chi connectivity index (χ0n) is 16.9. The SMILES string of the molecule is C=CC1CCC(Cc2ccc(P(c3ccccc3)c3ccccc3)cc2)CC1.I. The summed E-state index contributed by atoms with van der Waals surface area (Å²) in [6.07, 6.45) is 8.71. The predicted molar refractivity (Wildman–Crippen MR) is 140 cm³/mol. The molecule has 1 aliphatic carbocycles. The van der Waals surface area contributed by atoms with Crippen molar-refractivity contribution >= 4 is 47.8 Å². The summed E-state index contributed by atoms with van der Waals surface area (Å²) in [5, 5.41) is 4.27. The third kappa shape index (κ3) is 5.80. The van der Waals surface area contributed by atoms with E-state index in [0.717, 1.165) is 11.8 Å². The van der Waals surface area contributed by atoms with E-state index in [2.05, 4.69) is 97.6 Å². The van der Waals surface area contributed by atoms with Gasteiger partial charge in [0, 0.05) is 0 Å². The summed E-state index contributed by atoms with van der Waals surface area (Å²) in [6.45, 7) is 3.97. The van der Waals surface area contributed by atoms with E-state index >= 15 is 0 Å². The van der Waals surface area contributed by atoms with Crippen molar-refractivity contribution in [3.63, 3.8) is 0 Å². The highest BCUT2D eigenvalue weighted by atomic mass is 127. The minimum absolute atomic E-state index is 0. The molecule has 0 aromatic heterocycles. The highest BCUT2D eigenvalue weighted by Gasteiger charge is 2.20. The molecular formula is C27H30IP. The van der Waals surface area contributed by atoms with Gasteiger partial charge in [-0.3, -0.25) is 0 Å². The lowest BCUT2D eigenvalue weighted by molar-refractivity contribution is 0.309. The topological polar surface area (TPSA) is 0 Å². The van der Waals surface area contributed by atoms with Crippen LogP contribution in [0.4, 0.5) is 0 Å². The minimum atomic E-state index is -0.497. The molecule has 0 unspecified atom stereocenters. The molecule has 150 valence electrons. The van der Waals surface area contributed by atoms with Crippen molar-refractivity contribution in [2.75, 3.05) is 0 Å². The van der Waals surface area contributed by atoms with Crippen LogP contribution in [-0.2, 0) is 6.42 Å². The summed E-state index contributed by atoms with van der Waals surface area (Å²) >= 11 is 0. The molecule has 1 fully saturated rings. The van der Waals surface area contributed by atoms with E-state index in [4.69, 9.17) is 0 Å². The fraction of sp³-hybridized carbons (Fsp3) is 0.259. The van der Waals surface area contributed by atoms with Crippen LogP contribution in [0.25, 0.3) is 0 Å². The van der Waals surface area contributed by atoms with Gasteiger partial charge in [0.15, 0.2) is 0 Å². The van der Waals surface area contributed by atoms with Crippen molar-refractivity contribution in [3.05, 3.63) is 103 Å². The van der Waals surface area contributed by atoms with Crippen LogP contribution in [-0.4, -0.2) is 0 Å². The zero-order chi connectivity index (χ0) is 19.2. The molecule has 2 heteroatoms. The van der Waals surface area contributed by atoms with Crippen LogP contribution in [0.3, 0.4) is 0 Å². The fourth-order valence-corrected chi connectivity index (χ4v) is 6.63. The van der Waals surface area contributed by atoms with Gasteiger partial charge in [-0.1, -0.05) is 91.0 Å². The van der Waals surface area contributed by atoms with Gasteiger partial charge in [-0.15, -0.1) is 30.6 Å². The Morgan fingerprint density at radius 2 is 1.17 bits per heavy atom. The Balaban J connectivity index is 0.00000240. The van der Waals surface area contributed by atoms with Gasteiger partial charge in [-0.25, -0.2) is 0 Å². The van der Waals surface area contributed by atoms with Crippen LogP contribution in [0, 0.1) is 11.8 Å². The van der Waals surface area contributed by atoms with Crippen LogP contribution in [0.1, 0.15) is 31.2 Å². The molecule has 0 spiro atoms. The lowest BCUT2D eigenvalue weighted by atomic mass is 9.79.